The zero-order valence-electron chi connectivity index (χ0n) is 11.2. The summed E-state index contributed by atoms with van der Waals surface area (Å²) in [6, 6.07) is 7.53. The van der Waals surface area contributed by atoms with Gasteiger partial charge in [-0.25, -0.2) is 4.98 Å². The van der Waals surface area contributed by atoms with Gasteiger partial charge in [0.15, 0.2) is 0 Å². The third-order valence-corrected chi connectivity index (χ3v) is 3.51. The van der Waals surface area contributed by atoms with Gasteiger partial charge in [0.05, 0.1) is 0 Å². The summed E-state index contributed by atoms with van der Waals surface area (Å²) in [6.07, 6.45) is 2.66. The highest BCUT2D eigenvalue weighted by Crippen LogP contribution is 2.26. The van der Waals surface area contributed by atoms with Gasteiger partial charge in [0, 0.05) is 23.5 Å². The number of phenols is 1. The van der Waals surface area contributed by atoms with Crippen LogP contribution in [0.25, 0.3) is 10.8 Å². The topological polar surface area (TPSA) is 45.2 Å². The number of pyridine rings is 1. The number of aromatic nitrogens is 1. The molecule has 19 heavy (non-hydrogen) atoms. The molecule has 102 valence electrons. The van der Waals surface area contributed by atoms with Crippen LogP contribution in [0.3, 0.4) is 0 Å². The SMILES string of the molecule is CC(C)C(CCCl)Nc1nccc2ccc(O)cc12. The maximum Gasteiger partial charge on any atom is 0.134 e. The molecule has 0 amide bonds. The van der Waals surface area contributed by atoms with Gasteiger partial charge in [-0.2, -0.15) is 0 Å². The quantitative estimate of drug-likeness (QED) is 0.813. The van der Waals surface area contributed by atoms with E-state index in [0.29, 0.717) is 11.8 Å². The van der Waals surface area contributed by atoms with Crippen LogP contribution in [0.4, 0.5) is 5.82 Å². The lowest BCUT2D eigenvalue weighted by Gasteiger charge is -2.22. The Balaban J connectivity index is 2.36. The van der Waals surface area contributed by atoms with Crippen LogP contribution in [-0.2, 0) is 0 Å². The van der Waals surface area contributed by atoms with Crippen LogP contribution < -0.4 is 5.32 Å². The molecule has 2 rings (SSSR count). The minimum Gasteiger partial charge on any atom is -0.508 e. The zero-order chi connectivity index (χ0) is 13.8. The number of alkyl halides is 1. The summed E-state index contributed by atoms with van der Waals surface area (Å²) in [5.74, 6) is 2.14. The molecular weight excluding hydrogens is 260 g/mol. The number of nitrogens with one attached hydrogen (secondary N) is 1. The molecule has 3 nitrogen and oxygen atoms in total. The van der Waals surface area contributed by atoms with Gasteiger partial charge >= 0.3 is 0 Å². The standard InChI is InChI=1S/C15H19ClN2O/c1-10(2)14(5-7-16)18-15-13-9-12(19)4-3-11(13)6-8-17-15/h3-4,6,8-10,14,19H,5,7H2,1-2H3,(H,17,18). The monoisotopic (exact) mass is 278 g/mol. The predicted molar refractivity (Wildman–Crippen MR) is 81.0 cm³/mol. The first-order chi connectivity index (χ1) is 9.11. The number of fused-ring (bicyclic) bond motifs is 1. The number of aromatic hydroxyl groups is 1. The highest BCUT2D eigenvalue weighted by Gasteiger charge is 2.14. The fourth-order valence-electron chi connectivity index (χ4n) is 2.14. The van der Waals surface area contributed by atoms with Gasteiger partial charge in [-0.1, -0.05) is 19.9 Å². The van der Waals surface area contributed by atoms with E-state index in [4.69, 9.17) is 11.6 Å². The molecule has 0 aliphatic heterocycles. The number of benzene rings is 1. The fraction of sp³-hybridized carbons (Fsp3) is 0.400. The number of hydrogen-bond acceptors (Lipinski definition) is 3. The number of anilines is 1. The van der Waals surface area contributed by atoms with E-state index in [1.54, 1.807) is 18.3 Å². The lowest BCUT2D eigenvalue weighted by atomic mass is 10.0. The Hall–Kier alpha value is -1.48. The van der Waals surface area contributed by atoms with E-state index < -0.39 is 0 Å². The molecule has 1 unspecified atom stereocenters. The first-order valence-electron chi connectivity index (χ1n) is 6.52. The number of halogens is 1. The summed E-state index contributed by atoms with van der Waals surface area (Å²) < 4.78 is 0. The Bertz CT molecular complexity index is 557. The number of hydrogen-bond donors (Lipinski definition) is 2. The number of phenolic OH excluding ortho intramolecular Hbond substituents is 1. The van der Waals surface area contributed by atoms with Crippen LogP contribution in [0, 0.1) is 5.92 Å². The smallest absolute Gasteiger partial charge is 0.134 e. The first-order valence-corrected chi connectivity index (χ1v) is 7.05. The van der Waals surface area contributed by atoms with Crippen molar-refractivity contribution in [2.24, 2.45) is 5.92 Å². The molecule has 1 heterocycles. The van der Waals surface area contributed by atoms with E-state index in [9.17, 15) is 5.11 Å². The average Bonchev–Trinajstić information content (AvgIpc) is 2.38. The molecule has 0 aliphatic rings. The Morgan fingerprint density at radius 3 is 2.79 bits per heavy atom. The summed E-state index contributed by atoms with van der Waals surface area (Å²) in [7, 11) is 0. The lowest BCUT2D eigenvalue weighted by molar-refractivity contribution is 0.476. The van der Waals surface area contributed by atoms with E-state index in [1.807, 2.05) is 12.1 Å². The Morgan fingerprint density at radius 1 is 1.32 bits per heavy atom. The second-order valence-corrected chi connectivity index (χ2v) is 5.42. The molecule has 2 N–H and O–H groups in total. The van der Waals surface area contributed by atoms with Gasteiger partial charge in [-0.05, 0) is 35.9 Å². The van der Waals surface area contributed by atoms with Gasteiger partial charge in [0.2, 0.25) is 0 Å². The molecule has 0 saturated carbocycles. The van der Waals surface area contributed by atoms with Gasteiger partial charge in [-0.3, -0.25) is 0 Å². The Morgan fingerprint density at radius 2 is 2.11 bits per heavy atom. The Labute approximate surface area is 118 Å². The van der Waals surface area contributed by atoms with Crippen molar-refractivity contribution in [1.29, 1.82) is 0 Å². The molecule has 1 aromatic carbocycles. The minimum atomic E-state index is 0.252. The van der Waals surface area contributed by atoms with Crippen molar-refractivity contribution in [3.63, 3.8) is 0 Å². The fourth-order valence-corrected chi connectivity index (χ4v) is 2.37. The van der Waals surface area contributed by atoms with Crippen LogP contribution in [0.15, 0.2) is 30.5 Å². The van der Waals surface area contributed by atoms with Gasteiger partial charge < -0.3 is 10.4 Å². The predicted octanol–water partition coefficient (Wildman–Crippen LogP) is 4.01. The van der Waals surface area contributed by atoms with E-state index in [0.717, 1.165) is 23.0 Å². The van der Waals surface area contributed by atoms with Crippen molar-refractivity contribution in [3.05, 3.63) is 30.5 Å². The highest BCUT2D eigenvalue weighted by atomic mass is 35.5. The van der Waals surface area contributed by atoms with Gasteiger partial charge in [0.1, 0.15) is 11.6 Å². The summed E-state index contributed by atoms with van der Waals surface area (Å²) in [5, 5.41) is 15.1. The lowest BCUT2D eigenvalue weighted by Crippen LogP contribution is -2.26. The number of rotatable bonds is 5. The molecule has 0 aliphatic carbocycles. The van der Waals surface area contributed by atoms with Crippen LogP contribution in [0.2, 0.25) is 0 Å². The largest absolute Gasteiger partial charge is 0.508 e. The van der Waals surface area contributed by atoms with Crippen molar-refractivity contribution in [3.8, 4) is 5.75 Å². The highest BCUT2D eigenvalue weighted by molar-refractivity contribution is 6.17. The van der Waals surface area contributed by atoms with Crippen molar-refractivity contribution in [1.82, 2.24) is 4.98 Å². The summed E-state index contributed by atoms with van der Waals surface area (Å²) >= 11 is 5.85. The molecule has 4 heteroatoms. The third kappa shape index (κ3) is 3.29. The van der Waals surface area contributed by atoms with Crippen molar-refractivity contribution < 1.29 is 5.11 Å². The second-order valence-electron chi connectivity index (χ2n) is 5.04. The molecule has 0 saturated heterocycles. The van der Waals surface area contributed by atoms with Gasteiger partial charge in [0.25, 0.3) is 0 Å². The van der Waals surface area contributed by atoms with E-state index in [1.165, 1.54) is 0 Å². The van der Waals surface area contributed by atoms with Crippen molar-refractivity contribution >= 4 is 28.2 Å². The van der Waals surface area contributed by atoms with Gasteiger partial charge in [-0.15, -0.1) is 11.6 Å². The molecule has 0 fully saturated rings. The van der Waals surface area contributed by atoms with E-state index in [-0.39, 0.29) is 11.8 Å². The summed E-state index contributed by atoms with van der Waals surface area (Å²) in [6.45, 7) is 4.32. The summed E-state index contributed by atoms with van der Waals surface area (Å²) in [5.41, 5.74) is 0. The van der Waals surface area contributed by atoms with E-state index in [2.05, 4.69) is 24.1 Å². The van der Waals surface area contributed by atoms with Crippen LogP contribution >= 0.6 is 11.6 Å². The molecular formula is C15H19ClN2O. The summed E-state index contributed by atoms with van der Waals surface area (Å²) in [4.78, 5) is 4.39. The first kappa shape index (κ1) is 13.9. The maximum atomic E-state index is 9.62. The van der Waals surface area contributed by atoms with Crippen molar-refractivity contribution in [2.45, 2.75) is 26.3 Å². The zero-order valence-corrected chi connectivity index (χ0v) is 12.0. The Kier molecular flexibility index (Phi) is 4.48. The van der Waals surface area contributed by atoms with Crippen LogP contribution in [-0.4, -0.2) is 22.0 Å². The van der Waals surface area contributed by atoms with Crippen LogP contribution in [0.5, 0.6) is 5.75 Å². The number of nitrogens with zero attached hydrogens (tertiary/aromatic N) is 1. The van der Waals surface area contributed by atoms with Crippen LogP contribution in [0.1, 0.15) is 20.3 Å². The average molecular weight is 279 g/mol. The molecule has 0 spiro atoms. The maximum absolute atomic E-state index is 9.62. The third-order valence-electron chi connectivity index (χ3n) is 3.30. The second kappa shape index (κ2) is 6.11. The minimum absolute atomic E-state index is 0.252. The molecule has 0 radical (unpaired) electrons. The van der Waals surface area contributed by atoms with E-state index >= 15 is 0 Å². The van der Waals surface area contributed by atoms with Crippen molar-refractivity contribution in [2.75, 3.05) is 11.2 Å². The molecule has 2 aromatic rings. The normalized spacial score (nSPS) is 12.8. The molecule has 0 bridgehead atoms. The molecule has 1 atom stereocenters. The molecule has 1 aromatic heterocycles.